The van der Waals surface area contributed by atoms with E-state index < -0.39 is 17.8 Å². The molecule has 9 nitrogen and oxygen atoms in total. The molecule has 0 aliphatic rings. The van der Waals surface area contributed by atoms with Crippen LogP contribution in [0.4, 0.5) is 0 Å². The molecule has 0 N–H and O–H groups in total. The molecule has 4 rings (SSSR count). The van der Waals surface area contributed by atoms with E-state index in [1.54, 1.807) is 56.5 Å². The van der Waals surface area contributed by atoms with Crippen LogP contribution in [0.3, 0.4) is 0 Å². The summed E-state index contributed by atoms with van der Waals surface area (Å²) in [5, 5.41) is 3.89. The SMILES string of the molecule is COc1cccc(-c2noc(COC(=O)C(C)n3c(=O)oc4ccccc43)n2)c1. The number of hydrogen-bond acceptors (Lipinski definition) is 8. The van der Waals surface area contributed by atoms with Gasteiger partial charge >= 0.3 is 11.7 Å². The first kappa shape index (κ1) is 18.5. The van der Waals surface area contributed by atoms with Gasteiger partial charge in [-0.05, 0) is 31.2 Å². The Kier molecular flexibility index (Phi) is 4.86. The van der Waals surface area contributed by atoms with Crippen LogP contribution in [-0.4, -0.2) is 27.8 Å². The number of esters is 1. The van der Waals surface area contributed by atoms with Crippen LogP contribution in [0.5, 0.6) is 5.75 Å². The van der Waals surface area contributed by atoms with E-state index in [1.165, 1.54) is 4.57 Å². The van der Waals surface area contributed by atoms with E-state index >= 15 is 0 Å². The highest BCUT2D eigenvalue weighted by atomic mass is 16.6. The van der Waals surface area contributed by atoms with Crippen LogP contribution in [0.2, 0.25) is 0 Å². The minimum absolute atomic E-state index is 0.132. The normalized spacial score (nSPS) is 12.1. The molecule has 0 saturated carbocycles. The molecule has 2 heterocycles. The van der Waals surface area contributed by atoms with E-state index in [1.807, 2.05) is 6.07 Å². The van der Waals surface area contributed by atoms with Crippen LogP contribution >= 0.6 is 0 Å². The molecule has 0 radical (unpaired) electrons. The number of hydrogen-bond donors (Lipinski definition) is 0. The van der Waals surface area contributed by atoms with Crippen molar-refractivity contribution in [3.05, 3.63) is 65.0 Å². The van der Waals surface area contributed by atoms with Crippen molar-refractivity contribution in [2.45, 2.75) is 19.6 Å². The molecule has 4 aromatic rings. The van der Waals surface area contributed by atoms with Crippen molar-refractivity contribution in [2.75, 3.05) is 7.11 Å². The third kappa shape index (κ3) is 3.62. The van der Waals surface area contributed by atoms with Gasteiger partial charge in [0.15, 0.2) is 12.2 Å². The van der Waals surface area contributed by atoms with Crippen molar-refractivity contribution in [3.8, 4) is 17.1 Å². The van der Waals surface area contributed by atoms with Crippen LogP contribution in [0.25, 0.3) is 22.5 Å². The maximum atomic E-state index is 12.4. The van der Waals surface area contributed by atoms with Crippen molar-refractivity contribution >= 4 is 17.1 Å². The number of oxazole rings is 1. The molecule has 1 atom stereocenters. The van der Waals surface area contributed by atoms with Crippen molar-refractivity contribution in [3.63, 3.8) is 0 Å². The molecule has 1 unspecified atom stereocenters. The molecular formula is C20H17N3O6. The Morgan fingerprint density at radius 2 is 2.03 bits per heavy atom. The second-order valence-electron chi connectivity index (χ2n) is 6.23. The third-order valence-electron chi connectivity index (χ3n) is 4.38. The number of nitrogens with zero attached hydrogens (tertiary/aromatic N) is 3. The van der Waals surface area contributed by atoms with E-state index in [0.29, 0.717) is 28.2 Å². The molecule has 0 amide bonds. The first-order valence-corrected chi connectivity index (χ1v) is 8.80. The van der Waals surface area contributed by atoms with Gasteiger partial charge in [-0.25, -0.2) is 9.59 Å². The number of benzene rings is 2. The fourth-order valence-electron chi connectivity index (χ4n) is 2.90. The van der Waals surface area contributed by atoms with Gasteiger partial charge < -0.3 is 18.4 Å². The van der Waals surface area contributed by atoms with Gasteiger partial charge in [0.2, 0.25) is 5.82 Å². The fraction of sp³-hybridized carbons (Fsp3) is 0.200. The van der Waals surface area contributed by atoms with Gasteiger partial charge in [0.05, 0.1) is 12.6 Å². The molecule has 0 fully saturated rings. The van der Waals surface area contributed by atoms with Gasteiger partial charge in [0, 0.05) is 5.56 Å². The number of rotatable bonds is 6. The van der Waals surface area contributed by atoms with Crippen molar-refractivity contribution in [1.82, 2.24) is 14.7 Å². The highest BCUT2D eigenvalue weighted by Crippen LogP contribution is 2.22. The molecular weight excluding hydrogens is 378 g/mol. The molecule has 9 heteroatoms. The Morgan fingerprint density at radius 3 is 2.86 bits per heavy atom. The number of aromatic nitrogens is 3. The summed E-state index contributed by atoms with van der Waals surface area (Å²) in [6, 6.07) is 13.1. The average Bonchev–Trinajstić information content (AvgIpc) is 3.35. The summed E-state index contributed by atoms with van der Waals surface area (Å²) in [5.74, 6) is -0.117. The Hall–Kier alpha value is -3.88. The number of carbonyl (C=O) groups excluding carboxylic acids is 1. The number of methoxy groups -OCH3 is 1. The van der Waals surface area contributed by atoms with E-state index in [-0.39, 0.29) is 12.5 Å². The van der Waals surface area contributed by atoms with Gasteiger partial charge in [-0.15, -0.1) is 0 Å². The first-order valence-electron chi connectivity index (χ1n) is 8.80. The Labute approximate surface area is 164 Å². The van der Waals surface area contributed by atoms with Crippen LogP contribution in [0.1, 0.15) is 18.9 Å². The second kappa shape index (κ2) is 7.63. The molecule has 0 bridgehead atoms. The van der Waals surface area contributed by atoms with Gasteiger partial charge in [0.25, 0.3) is 5.89 Å². The smallest absolute Gasteiger partial charge is 0.420 e. The fourth-order valence-corrected chi connectivity index (χ4v) is 2.90. The van der Waals surface area contributed by atoms with E-state index in [0.717, 1.165) is 0 Å². The Balaban J connectivity index is 1.46. The van der Waals surface area contributed by atoms with Gasteiger partial charge in [0.1, 0.15) is 11.8 Å². The molecule has 0 saturated heterocycles. The maximum absolute atomic E-state index is 12.4. The average molecular weight is 395 g/mol. The zero-order valence-corrected chi connectivity index (χ0v) is 15.7. The Morgan fingerprint density at radius 1 is 1.21 bits per heavy atom. The van der Waals surface area contributed by atoms with Crippen LogP contribution in [0.15, 0.2) is 62.3 Å². The number of para-hydroxylation sites is 2. The zero-order chi connectivity index (χ0) is 20.4. The van der Waals surface area contributed by atoms with Crippen molar-refractivity contribution in [2.24, 2.45) is 0 Å². The maximum Gasteiger partial charge on any atom is 0.420 e. The number of carbonyl (C=O) groups is 1. The highest BCUT2D eigenvalue weighted by Gasteiger charge is 2.23. The monoisotopic (exact) mass is 395 g/mol. The number of fused-ring (bicyclic) bond motifs is 1. The summed E-state index contributed by atoms with van der Waals surface area (Å²) in [6.07, 6.45) is 0. The standard InChI is InChI=1S/C20H17N3O6/c1-12(23-15-8-3-4-9-16(15)28-20(23)25)19(24)27-11-17-21-18(22-29-17)13-6-5-7-14(10-13)26-2/h3-10,12H,11H2,1-2H3. The van der Waals surface area contributed by atoms with E-state index in [9.17, 15) is 9.59 Å². The minimum Gasteiger partial charge on any atom is -0.497 e. The lowest BCUT2D eigenvalue weighted by atomic mass is 10.2. The summed E-state index contributed by atoms with van der Waals surface area (Å²) >= 11 is 0. The van der Waals surface area contributed by atoms with Crippen LogP contribution < -0.4 is 10.5 Å². The van der Waals surface area contributed by atoms with Gasteiger partial charge in [-0.1, -0.05) is 29.4 Å². The molecule has 0 aliphatic carbocycles. The van der Waals surface area contributed by atoms with Crippen LogP contribution in [0, 0.1) is 0 Å². The largest absolute Gasteiger partial charge is 0.497 e. The predicted octanol–water partition coefficient (Wildman–Crippen LogP) is 2.96. The summed E-state index contributed by atoms with van der Waals surface area (Å²) in [5.41, 5.74) is 1.62. The zero-order valence-electron chi connectivity index (χ0n) is 15.7. The molecule has 0 aliphatic heterocycles. The highest BCUT2D eigenvalue weighted by molar-refractivity contribution is 5.79. The Bertz CT molecular complexity index is 1220. The van der Waals surface area contributed by atoms with Crippen LogP contribution in [-0.2, 0) is 16.1 Å². The lowest BCUT2D eigenvalue weighted by Crippen LogP contribution is -2.26. The predicted molar refractivity (Wildman–Crippen MR) is 101 cm³/mol. The molecule has 2 aromatic carbocycles. The topological polar surface area (TPSA) is 110 Å². The molecule has 2 aromatic heterocycles. The molecule has 148 valence electrons. The minimum atomic E-state index is -0.882. The first-order chi connectivity index (χ1) is 14.1. The summed E-state index contributed by atoms with van der Waals surface area (Å²) in [6.45, 7) is 1.34. The lowest BCUT2D eigenvalue weighted by molar-refractivity contribution is -0.149. The quantitative estimate of drug-likeness (QED) is 0.458. The summed E-state index contributed by atoms with van der Waals surface area (Å²) in [4.78, 5) is 28.8. The van der Waals surface area contributed by atoms with Crippen molar-refractivity contribution < 1.29 is 23.2 Å². The molecule has 29 heavy (non-hydrogen) atoms. The van der Waals surface area contributed by atoms with Gasteiger partial charge in [-0.3, -0.25) is 4.57 Å². The summed E-state index contributed by atoms with van der Waals surface area (Å²) < 4.78 is 22.0. The van der Waals surface area contributed by atoms with Crippen molar-refractivity contribution in [1.29, 1.82) is 0 Å². The van der Waals surface area contributed by atoms with E-state index in [2.05, 4.69) is 10.1 Å². The van der Waals surface area contributed by atoms with Gasteiger partial charge in [-0.2, -0.15) is 4.98 Å². The third-order valence-corrected chi connectivity index (χ3v) is 4.38. The number of ether oxygens (including phenoxy) is 2. The summed E-state index contributed by atoms with van der Waals surface area (Å²) in [7, 11) is 1.57. The molecule has 0 spiro atoms. The lowest BCUT2D eigenvalue weighted by Gasteiger charge is -2.11. The second-order valence-corrected chi connectivity index (χ2v) is 6.23. The van der Waals surface area contributed by atoms with E-state index in [4.69, 9.17) is 18.4 Å².